The molecule has 0 fully saturated rings. The average Bonchev–Trinajstić information content (AvgIpc) is 2.90. The number of amides is 1. The minimum absolute atomic E-state index is 0.0168. The van der Waals surface area contributed by atoms with Crippen LogP contribution >= 0.6 is 0 Å². The predicted molar refractivity (Wildman–Crippen MR) is 77.3 cm³/mol. The number of rotatable bonds is 2. The molecule has 3 rings (SSSR count). The summed E-state index contributed by atoms with van der Waals surface area (Å²) in [4.78, 5) is 16.5. The van der Waals surface area contributed by atoms with Gasteiger partial charge in [0.25, 0.3) is 5.91 Å². The SMILES string of the molecule is CC1=NN(C(=O)c2ccncc2)C(c2ccccc2)C1. The van der Waals surface area contributed by atoms with Crippen molar-refractivity contribution in [2.75, 3.05) is 0 Å². The Morgan fingerprint density at radius 2 is 1.85 bits per heavy atom. The first kappa shape index (κ1) is 12.5. The van der Waals surface area contributed by atoms with E-state index in [1.165, 1.54) is 0 Å². The van der Waals surface area contributed by atoms with Crippen molar-refractivity contribution in [1.29, 1.82) is 0 Å². The number of hydrogen-bond acceptors (Lipinski definition) is 3. The summed E-state index contributed by atoms with van der Waals surface area (Å²) >= 11 is 0. The van der Waals surface area contributed by atoms with E-state index < -0.39 is 0 Å². The second kappa shape index (κ2) is 5.25. The van der Waals surface area contributed by atoms with Gasteiger partial charge in [-0.05, 0) is 24.6 Å². The smallest absolute Gasteiger partial charge is 0.267 e. The van der Waals surface area contributed by atoms with E-state index in [0.29, 0.717) is 5.56 Å². The Bertz CT molecular complexity index is 637. The maximum Gasteiger partial charge on any atom is 0.274 e. The van der Waals surface area contributed by atoms with Crippen LogP contribution in [0.4, 0.5) is 0 Å². The summed E-state index contributed by atoms with van der Waals surface area (Å²) in [5.74, 6) is -0.0851. The van der Waals surface area contributed by atoms with Crippen LogP contribution < -0.4 is 0 Å². The molecule has 0 bridgehead atoms. The Morgan fingerprint density at radius 1 is 1.15 bits per heavy atom. The second-order valence-corrected chi connectivity index (χ2v) is 4.85. The van der Waals surface area contributed by atoms with Gasteiger partial charge < -0.3 is 0 Å². The molecule has 1 aliphatic heterocycles. The van der Waals surface area contributed by atoms with Crippen molar-refractivity contribution in [3.63, 3.8) is 0 Å². The van der Waals surface area contributed by atoms with Gasteiger partial charge in [0, 0.05) is 30.1 Å². The number of benzene rings is 1. The lowest BCUT2D eigenvalue weighted by Gasteiger charge is -2.22. The molecular formula is C16H15N3O. The Balaban J connectivity index is 1.92. The van der Waals surface area contributed by atoms with Crippen LogP contribution in [0.1, 0.15) is 35.3 Å². The molecule has 1 aromatic carbocycles. The Labute approximate surface area is 117 Å². The van der Waals surface area contributed by atoms with Gasteiger partial charge in [0.1, 0.15) is 0 Å². The highest BCUT2D eigenvalue weighted by Crippen LogP contribution is 2.31. The van der Waals surface area contributed by atoms with Gasteiger partial charge in [0.05, 0.1) is 6.04 Å². The van der Waals surface area contributed by atoms with Crippen molar-refractivity contribution in [3.8, 4) is 0 Å². The lowest BCUT2D eigenvalue weighted by atomic mass is 10.0. The van der Waals surface area contributed by atoms with E-state index >= 15 is 0 Å². The van der Waals surface area contributed by atoms with Gasteiger partial charge in [-0.3, -0.25) is 9.78 Å². The van der Waals surface area contributed by atoms with Crippen molar-refractivity contribution in [1.82, 2.24) is 9.99 Å². The summed E-state index contributed by atoms with van der Waals surface area (Å²) in [5, 5.41) is 5.99. The van der Waals surface area contributed by atoms with Crippen LogP contribution in [0.25, 0.3) is 0 Å². The summed E-state index contributed by atoms with van der Waals surface area (Å²) < 4.78 is 0. The molecule has 0 saturated carbocycles. The maximum absolute atomic E-state index is 12.6. The predicted octanol–water partition coefficient (Wildman–Crippen LogP) is 3.04. The number of carbonyl (C=O) groups is 1. The number of pyridine rings is 1. The van der Waals surface area contributed by atoms with E-state index in [1.807, 2.05) is 37.3 Å². The van der Waals surface area contributed by atoms with E-state index in [2.05, 4.69) is 10.1 Å². The van der Waals surface area contributed by atoms with Crippen molar-refractivity contribution in [2.45, 2.75) is 19.4 Å². The van der Waals surface area contributed by atoms with Gasteiger partial charge in [-0.1, -0.05) is 30.3 Å². The van der Waals surface area contributed by atoms with E-state index in [1.54, 1.807) is 29.5 Å². The molecule has 0 spiro atoms. The molecule has 1 amide bonds. The summed E-state index contributed by atoms with van der Waals surface area (Å²) in [6, 6.07) is 13.4. The highest BCUT2D eigenvalue weighted by Gasteiger charge is 2.31. The van der Waals surface area contributed by atoms with Crippen LogP contribution in [0.3, 0.4) is 0 Å². The third-order valence-corrected chi connectivity index (χ3v) is 3.38. The standard InChI is InChI=1S/C16H15N3O/c1-12-11-15(13-5-3-2-4-6-13)19(18-12)16(20)14-7-9-17-10-8-14/h2-10,15H,11H2,1H3. The van der Waals surface area contributed by atoms with Gasteiger partial charge in [-0.25, -0.2) is 5.01 Å². The fourth-order valence-electron chi connectivity index (χ4n) is 2.41. The van der Waals surface area contributed by atoms with E-state index in [9.17, 15) is 4.79 Å². The van der Waals surface area contributed by atoms with Crippen LogP contribution in [0.2, 0.25) is 0 Å². The number of nitrogens with zero attached hydrogens (tertiary/aromatic N) is 3. The molecule has 100 valence electrons. The normalized spacial score (nSPS) is 17.9. The zero-order chi connectivity index (χ0) is 13.9. The van der Waals surface area contributed by atoms with Crippen LogP contribution in [0.15, 0.2) is 60.0 Å². The molecule has 0 saturated heterocycles. The minimum Gasteiger partial charge on any atom is -0.267 e. The lowest BCUT2D eigenvalue weighted by Crippen LogP contribution is -2.27. The molecular weight excluding hydrogens is 250 g/mol. The van der Waals surface area contributed by atoms with E-state index in [4.69, 9.17) is 0 Å². The summed E-state index contributed by atoms with van der Waals surface area (Å²) in [6.45, 7) is 1.95. The highest BCUT2D eigenvalue weighted by molar-refractivity contribution is 5.97. The van der Waals surface area contributed by atoms with Crippen LogP contribution in [-0.4, -0.2) is 21.6 Å². The quantitative estimate of drug-likeness (QED) is 0.837. The zero-order valence-corrected chi connectivity index (χ0v) is 11.2. The molecule has 1 unspecified atom stereocenters. The number of hydrogen-bond donors (Lipinski definition) is 0. The second-order valence-electron chi connectivity index (χ2n) is 4.85. The van der Waals surface area contributed by atoms with Crippen molar-refractivity contribution in [3.05, 3.63) is 66.0 Å². The van der Waals surface area contributed by atoms with Gasteiger partial charge in [0.2, 0.25) is 0 Å². The van der Waals surface area contributed by atoms with Crippen LogP contribution in [-0.2, 0) is 0 Å². The van der Waals surface area contributed by atoms with E-state index in [-0.39, 0.29) is 11.9 Å². The molecule has 2 aromatic rings. The van der Waals surface area contributed by atoms with Gasteiger partial charge in [-0.2, -0.15) is 5.10 Å². The zero-order valence-electron chi connectivity index (χ0n) is 11.2. The van der Waals surface area contributed by atoms with Crippen LogP contribution in [0, 0.1) is 0 Å². The third kappa shape index (κ3) is 2.32. The molecule has 4 nitrogen and oxygen atoms in total. The Morgan fingerprint density at radius 3 is 2.55 bits per heavy atom. The molecule has 1 aromatic heterocycles. The molecule has 2 heterocycles. The molecule has 1 atom stereocenters. The van der Waals surface area contributed by atoms with Crippen molar-refractivity contribution >= 4 is 11.6 Å². The molecule has 4 heteroatoms. The largest absolute Gasteiger partial charge is 0.274 e. The van der Waals surface area contributed by atoms with Gasteiger partial charge >= 0.3 is 0 Å². The topological polar surface area (TPSA) is 45.6 Å². The fourth-order valence-corrected chi connectivity index (χ4v) is 2.41. The first-order valence-electron chi connectivity index (χ1n) is 6.58. The van der Waals surface area contributed by atoms with Crippen molar-refractivity contribution in [2.24, 2.45) is 5.10 Å². The minimum atomic E-state index is -0.0851. The van der Waals surface area contributed by atoms with Crippen LogP contribution in [0.5, 0.6) is 0 Å². The first-order chi connectivity index (χ1) is 9.75. The monoisotopic (exact) mass is 265 g/mol. The molecule has 1 aliphatic rings. The average molecular weight is 265 g/mol. The third-order valence-electron chi connectivity index (χ3n) is 3.38. The van der Waals surface area contributed by atoms with E-state index in [0.717, 1.165) is 17.7 Å². The summed E-state index contributed by atoms with van der Waals surface area (Å²) in [7, 11) is 0. The van der Waals surface area contributed by atoms with Gasteiger partial charge in [0.15, 0.2) is 0 Å². The lowest BCUT2D eigenvalue weighted by molar-refractivity contribution is 0.0711. The number of carbonyl (C=O) groups excluding carboxylic acids is 1. The number of hydrazone groups is 1. The fraction of sp³-hybridized carbons (Fsp3) is 0.188. The van der Waals surface area contributed by atoms with Crippen molar-refractivity contribution < 1.29 is 4.79 Å². The first-order valence-corrected chi connectivity index (χ1v) is 6.58. The maximum atomic E-state index is 12.6. The molecule has 20 heavy (non-hydrogen) atoms. The Hall–Kier alpha value is -2.49. The number of aromatic nitrogens is 1. The Kier molecular flexibility index (Phi) is 3.29. The molecule has 0 radical (unpaired) electrons. The highest BCUT2D eigenvalue weighted by atomic mass is 16.2. The van der Waals surface area contributed by atoms with Gasteiger partial charge in [-0.15, -0.1) is 0 Å². The molecule has 0 aliphatic carbocycles. The molecule has 0 N–H and O–H groups in total. The summed E-state index contributed by atoms with van der Waals surface area (Å²) in [5.41, 5.74) is 2.69. The summed E-state index contributed by atoms with van der Waals surface area (Å²) in [6.07, 6.45) is 4.02.